The van der Waals surface area contributed by atoms with Crippen molar-refractivity contribution >= 4 is 39.9 Å². The number of aryl methyl sites for hydroxylation is 1. The molecule has 0 aliphatic carbocycles. The zero-order valence-electron chi connectivity index (χ0n) is 11.8. The first kappa shape index (κ1) is 14.2. The number of nitrogens with zero attached hydrogens (tertiary/aromatic N) is 2. The minimum absolute atomic E-state index is 0.0124. The molecule has 3 nitrogen and oxygen atoms in total. The number of para-hydroxylation sites is 2. The summed E-state index contributed by atoms with van der Waals surface area (Å²) in [5.41, 5.74) is 2.91. The van der Waals surface area contributed by atoms with E-state index in [-0.39, 0.29) is 6.04 Å². The molecule has 1 N–H and O–H groups in total. The van der Waals surface area contributed by atoms with Crippen LogP contribution in [0.5, 0.6) is 0 Å². The van der Waals surface area contributed by atoms with Gasteiger partial charge in [-0.25, -0.2) is 4.98 Å². The first-order valence-electron chi connectivity index (χ1n) is 6.70. The number of fused-ring (bicyclic) bond motifs is 1. The lowest BCUT2D eigenvalue weighted by atomic mass is 10.2. The molecule has 0 radical (unpaired) electrons. The van der Waals surface area contributed by atoms with Gasteiger partial charge in [0.15, 0.2) is 0 Å². The molecule has 21 heavy (non-hydrogen) atoms. The van der Waals surface area contributed by atoms with Crippen molar-refractivity contribution in [3.05, 3.63) is 58.3 Å². The Labute approximate surface area is 133 Å². The maximum Gasteiger partial charge on any atom is 0.131 e. The Morgan fingerprint density at radius 2 is 1.86 bits per heavy atom. The van der Waals surface area contributed by atoms with Gasteiger partial charge in [-0.2, -0.15) is 0 Å². The van der Waals surface area contributed by atoms with Gasteiger partial charge in [0.1, 0.15) is 5.82 Å². The Bertz CT molecular complexity index is 795. The highest BCUT2D eigenvalue weighted by molar-refractivity contribution is 6.43. The van der Waals surface area contributed by atoms with Crippen molar-refractivity contribution in [2.75, 3.05) is 5.32 Å². The molecule has 0 aliphatic heterocycles. The maximum absolute atomic E-state index is 6.22. The van der Waals surface area contributed by atoms with E-state index < -0.39 is 0 Å². The molecule has 1 aromatic heterocycles. The summed E-state index contributed by atoms with van der Waals surface area (Å²) in [6, 6.07) is 13.6. The number of anilines is 1. The standard InChI is InChI=1S/C16H15Cl2N3/c1-10(19-13-8-5-6-11(17)15(13)18)16-20-12-7-3-4-9-14(12)21(16)2/h3-10,19H,1-2H3. The summed E-state index contributed by atoms with van der Waals surface area (Å²) in [5, 5.41) is 4.44. The van der Waals surface area contributed by atoms with Crippen LogP contribution in [-0.2, 0) is 7.05 Å². The molecule has 0 aliphatic rings. The number of hydrogen-bond donors (Lipinski definition) is 1. The van der Waals surface area contributed by atoms with E-state index in [0.29, 0.717) is 10.0 Å². The number of imidazole rings is 1. The summed E-state index contributed by atoms with van der Waals surface area (Å²) in [4.78, 5) is 4.68. The third-order valence-corrected chi connectivity index (χ3v) is 4.35. The van der Waals surface area contributed by atoms with Crippen molar-refractivity contribution in [1.82, 2.24) is 9.55 Å². The van der Waals surface area contributed by atoms with Crippen molar-refractivity contribution in [2.24, 2.45) is 7.05 Å². The van der Waals surface area contributed by atoms with Gasteiger partial charge in [0.2, 0.25) is 0 Å². The van der Waals surface area contributed by atoms with E-state index in [9.17, 15) is 0 Å². The summed E-state index contributed by atoms with van der Waals surface area (Å²) in [5.74, 6) is 0.951. The smallest absolute Gasteiger partial charge is 0.131 e. The minimum atomic E-state index is 0.0124. The van der Waals surface area contributed by atoms with Crippen LogP contribution < -0.4 is 5.32 Å². The number of halogens is 2. The minimum Gasteiger partial charge on any atom is -0.374 e. The predicted molar refractivity (Wildman–Crippen MR) is 89.2 cm³/mol. The Morgan fingerprint density at radius 3 is 2.62 bits per heavy atom. The normalized spacial score (nSPS) is 12.6. The van der Waals surface area contributed by atoms with Crippen LogP contribution in [-0.4, -0.2) is 9.55 Å². The monoisotopic (exact) mass is 319 g/mol. The summed E-state index contributed by atoms with van der Waals surface area (Å²) >= 11 is 12.3. The molecule has 5 heteroatoms. The molecular formula is C16H15Cl2N3. The third kappa shape index (κ3) is 2.59. The van der Waals surface area contributed by atoms with Crippen LogP contribution in [0, 0.1) is 0 Å². The fourth-order valence-electron chi connectivity index (χ4n) is 2.46. The first-order valence-corrected chi connectivity index (χ1v) is 7.45. The molecule has 2 aromatic carbocycles. The lowest BCUT2D eigenvalue weighted by Gasteiger charge is -2.16. The van der Waals surface area contributed by atoms with Gasteiger partial charge in [-0.1, -0.05) is 41.4 Å². The fraction of sp³-hybridized carbons (Fsp3) is 0.188. The maximum atomic E-state index is 6.22. The molecule has 0 fully saturated rings. The Morgan fingerprint density at radius 1 is 1.10 bits per heavy atom. The van der Waals surface area contributed by atoms with Gasteiger partial charge in [-0.3, -0.25) is 0 Å². The number of hydrogen-bond acceptors (Lipinski definition) is 2. The molecule has 3 rings (SSSR count). The van der Waals surface area contributed by atoms with Gasteiger partial charge < -0.3 is 9.88 Å². The molecular weight excluding hydrogens is 305 g/mol. The van der Waals surface area contributed by atoms with Gasteiger partial charge in [-0.15, -0.1) is 0 Å². The summed E-state index contributed by atoms with van der Waals surface area (Å²) in [6.45, 7) is 2.05. The third-order valence-electron chi connectivity index (χ3n) is 3.53. The lowest BCUT2D eigenvalue weighted by Crippen LogP contribution is -2.12. The largest absolute Gasteiger partial charge is 0.374 e. The molecule has 0 spiro atoms. The van der Waals surface area contributed by atoms with Gasteiger partial charge in [-0.05, 0) is 31.2 Å². The van der Waals surface area contributed by atoms with E-state index in [0.717, 1.165) is 22.5 Å². The van der Waals surface area contributed by atoms with Crippen LogP contribution in [0.1, 0.15) is 18.8 Å². The second-order valence-corrected chi connectivity index (χ2v) is 5.77. The van der Waals surface area contributed by atoms with E-state index in [1.807, 2.05) is 37.4 Å². The number of nitrogens with one attached hydrogen (secondary N) is 1. The fourth-order valence-corrected chi connectivity index (χ4v) is 2.82. The van der Waals surface area contributed by atoms with Crippen LogP contribution >= 0.6 is 23.2 Å². The molecule has 0 saturated carbocycles. The summed E-state index contributed by atoms with van der Waals surface area (Å²) in [6.07, 6.45) is 0. The van der Waals surface area contributed by atoms with Crippen LogP contribution in [0.3, 0.4) is 0 Å². The number of aromatic nitrogens is 2. The highest BCUT2D eigenvalue weighted by atomic mass is 35.5. The highest BCUT2D eigenvalue weighted by Crippen LogP contribution is 2.32. The predicted octanol–water partition coefficient (Wildman–Crippen LogP) is 5.05. The number of benzene rings is 2. The molecule has 0 saturated heterocycles. The molecule has 1 unspecified atom stereocenters. The van der Waals surface area contributed by atoms with E-state index in [2.05, 4.69) is 27.9 Å². The van der Waals surface area contributed by atoms with Crippen molar-refractivity contribution in [3.8, 4) is 0 Å². The van der Waals surface area contributed by atoms with E-state index in [1.54, 1.807) is 6.07 Å². The first-order chi connectivity index (χ1) is 10.1. The summed E-state index contributed by atoms with van der Waals surface area (Å²) < 4.78 is 2.09. The van der Waals surface area contributed by atoms with Crippen LogP contribution in [0.2, 0.25) is 10.0 Å². The Kier molecular flexibility index (Phi) is 3.79. The average Bonchev–Trinajstić information content (AvgIpc) is 2.82. The van der Waals surface area contributed by atoms with E-state index >= 15 is 0 Å². The van der Waals surface area contributed by atoms with Crippen molar-refractivity contribution in [3.63, 3.8) is 0 Å². The van der Waals surface area contributed by atoms with E-state index in [1.165, 1.54) is 0 Å². The van der Waals surface area contributed by atoms with Crippen molar-refractivity contribution in [2.45, 2.75) is 13.0 Å². The van der Waals surface area contributed by atoms with Gasteiger partial charge in [0, 0.05) is 7.05 Å². The molecule has 0 bridgehead atoms. The molecule has 1 atom stereocenters. The molecule has 1 heterocycles. The van der Waals surface area contributed by atoms with Gasteiger partial charge >= 0.3 is 0 Å². The molecule has 3 aromatic rings. The lowest BCUT2D eigenvalue weighted by molar-refractivity contribution is 0.734. The summed E-state index contributed by atoms with van der Waals surface area (Å²) in [7, 11) is 2.02. The van der Waals surface area contributed by atoms with Crippen molar-refractivity contribution < 1.29 is 0 Å². The van der Waals surface area contributed by atoms with Crippen LogP contribution in [0.4, 0.5) is 5.69 Å². The Balaban J connectivity index is 1.95. The molecule has 108 valence electrons. The SMILES string of the molecule is CC(Nc1cccc(Cl)c1Cl)c1nc2ccccc2n1C. The second kappa shape index (κ2) is 5.58. The van der Waals surface area contributed by atoms with Gasteiger partial charge in [0.05, 0.1) is 32.8 Å². The second-order valence-electron chi connectivity index (χ2n) is 4.99. The van der Waals surface area contributed by atoms with Crippen LogP contribution in [0.25, 0.3) is 11.0 Å². The zero-order chi connectivity index (χ0) is 15.0. The quantitative estimate of drug-likeness (QED) is 0.731. The molecule has 0 amide bonds. The highest BCUT2D eigenvalue weighted by Gasteiger charge is 2.15. The van der Waals surface area contributed by atoms with Crippen molar-refractivity contribution in [1.29, 1.82) is 0 Å². The van der Waals surface area contributed by atoms with Gasteiger partial charge in [0.25, 0.3) is 0 Å². The zero-order valence-corrected chi connectivity index (χ0v) is 13.3. The number of rotatable bonds is 3. The topological polar surface area (TPSA) is 29.9 Å². The average molecular weight is 320 g/mol. The van der Waals surface area contributed by atoms with E-state index in [4.69, 9.17) is 23.2 Å². The Hall–Kier alpha value is -1.71. The van der Waals surface area contributed by atoms with Crippen LogP contribution in [0.15, 0.2) is 42.5 Å².